The van der Waals surface area contributed by atoms with E-state index in [0.29, 0.717) is 0 Å². The Kier molecular flexibility index (Phi) is 2.57. The Morgan fingerprint density at radius 2 is 2.62 bits per heavy atom. The van der Waals surface area contributed by atoms with Crippen molar-refractivity contribution in [2.75, 3.05) is 6.61 Å². The standard InChI is InChI=1S/C9H10N2OS/c10-6-7-2-1-4-12-8(7)9-11-3-5-13-9/h3,5,7-8H,1-2,4H2. The first-order chi connectivity index (χ1) is 6.42. The van der Waals surface area contributed by atoms with Crippen LogP contribution in [0, 0.1) is 17.2 Å². The van der Waals surface area contributed by atoms with E-state index in [2.05, 4.69) is 11.1 Å². The molecule has 0 N–H and O–H groups in total. The van der Waals surface area contributed by atoms with E-state index in [9.17, 15) is 0 Å². The fraction of sp³-hybridized carbons (Fsp3) is 0.556. The first kappa shape index (κ1) is 8.67. The van der Waals surface area contributed by atoms with Crippen LogP contribution in [-0.4, -0.2) is 11.6 Å². The number of aromatic nitrogens is 1. The van der Waals surface area contributed by atoms with Crippen molar-refractivity contribution >= 4 is 11.3 Å². The van der Waals surface area contributed by atoms with Gasteiger partial charge in [0.2, 0.25) is 0 Å². The third-order valence-corrected chi connectivity index (χ3v) is 3.02. The molecule has 1 saturated heterocycles. The smallest absolute Gasteiger partial charge is 0.125 e. The van der Waals surface area contributed by atoms with Gasteiger partial charge < -0.3 is 4.74 Å². The zero-order valence-electron chi connectivity index (χ0n) is 7.14. The fourth-order valence-electron chi connectivity index (χ4n) is 1.53. The fourth-order valence-corrected chi connectivity index (χ4v) is 2.28. The van der Waals surface area contributed by atoms with Crippen molar-refractivity contribution in [2.45, 2.75) is 18.9 Å². The van der Waals surface area contributed by atoms with Gasteiger partial charge in [0.05, 0.1) is 12.0 Å². The van der Waals surface area contributed by atoms with E-state index in [-0.39, 0.29) is 12.0 Å². The van der Waals surface area contributed by atoms with Crippen molar-refractivity contribution in [1.29, 1.82) is 5.26 Å². The van der Waals surface area contributed by atoms with Crippen molar-refractivity contribution in [3.8, 4) is 6.07 Å². The maximum absolute atomic E-state index is 8.91. The second-order valence-corrected chi connectivity index (χ2v) is 3.97. The summed E-state index contributed by atoms with van der Waals surface area (Å²) in [6, 6.07) is 2.28. The molecule has 2 rings (SSSR count). The first-order valence-electron chi connectivity index (χ1n) is 4.32. The lowest BCUT2D eigenvalue weighted by Gasteiger charge is -2.25. The van der Waals surface area contributed by atoms with E-state index in [4.69, 9.17) is 10.00 Å². The highest BCUT2D eigenvalue weighted by atomic mass is 32.1. The van der Waals surface area contributed by atoms with Gasteiger partial charge in [0.25, 0.3) is 0 Å². The number of hydrogen-bond acceptors (Lipinski definition) is 4. The van der Waals surface area contributed by atoms with Gasteiger partial charge in [-0.05, 0) is 12.8 Å². The van der Waals surface area contributed by atoms with Crippen molar-refractivity contribution < 1.29 is 4.74 Å². The molecule has 0 bridgehead atoms. The first-order valence-corrected chi connectivity index (χ1v) is 5.20. The third kappa shape index (κ3) is 1.71. The molecule has 0 spiro atoms. The highest BCUT2D eigenvalue weighted by Gasteiger charge is 2.28. The lowest BCUT2D eigenvalue weighted by atomic mass is 9.96. The summed E-state index contributed by atoms with van der Waals surface area (Å²) in [7, 11) is 0. The predicted molar refractivity (Wildman–Crippen MR) is 49.1 cm³/mol. The Morgan fingerprint density at radius 3 is 3.31 bits per heavy atom. The van der Waals surface area contributed by atoms with Crippen LogP contribution < -0.4 is 0 Å². The quantitative estimate of drug-likeness (QED) is 0.688. The van der Waals surface area contributed by atoms with E-state index < -0.39 is 0 Å². The number of ether oxygens (including phenoxy) is 1. The van der Waals surface area contributed by atoms with Gasteiger partial charge in [-0.3, -0.25) is 0 Å². The number of hydrogen-bond donors (Lipinski definition) is 0. The van der Waals surface area contributed by atoms with Crippen molar-refractivity contribution in [1.82, 2.24) is 4.98 Å². The molecule has 0 aliphatic carbocycles. The molecule has 1 aromatic heterocycles. The summed E-state index contributed by atoms with van der Waals surface area (Å²) < 4.78 is 5.55. The minimum atomic E-state index is -0.0845. The molecule has 2 heterocycles. The summed E-state index contributed by atoms with van der Waals surface area (Å²) in [6.45, 7) is 0.752. The zero-order valence-corrected chi connectivity index (χ0v) is 7.96. The number of thiazole rings is 1. The summed E-state index contributed by atoms with van der Waals surface area (Å²) in [5.41, 5.74) is 0. The van der Waals surface area contributed by atoms with E-state index in [1.165, 1.54) is 0 Å². The van der Waals surface area contributed by atoms with Gasteiger partial charge in [0, 0.05) is 18.2 Å². The Morgan fingerprint density at radius 1 is 1.69 bits per heavy atom. The van der Waals surface area contributed by atoms with Crippen LogP contribution in [0.25, 0.3) is 0 Å². The van der Waals surface area contributed by atoms with Gasteiger partial charge >= 0.3 is 0 Å². The average Bonchev–Trinajstić information content (AvgIpc) is 2.70. The largest absolute Gasteiger partial charge is 0.370 e. The summed E-state index contributed by atoms with van der Waals surface area (Å²) in [5.74, 6) is -0.0140. The highest BCUT2D eigenvalue weighted by Crippen LogP contribution is 2.33. The Balaban J connectivity index is 2.17. The van der Waals surface area contributed by atoms with Gasteiger partial charge in [-0.25, -0.2) is 4.98 Å². The summed E-state index contributed by atoms with van der Waals surface area (Å²) in [6.07, 6.45) is 3.59. The van der Waals surface area contributed by atoms with Gasteiger partial charge in [-0.1, -0.05) is 0 Å². The molecule has 1 aromatic rings. The molecule has 1 aliphatic rings. The van der Waals surface area contributed by atoms with Crippen LogP contribution in [0.15, 0.2) is 11.6 Å². The summed E-state index contributed by atoms with van der Waals surface area (Å²) >= 11 is 1.56. The molecule has 0 amide bonds. The van der Waals surface area contributed by atoms with Crippen molar-refractivity contribution in [3.05, 3.63) is 16.6 Å². The average molecular weight is 194 g/mol. The van der Waals surface area contributed by atoms with E-state index in [0.717, 1.165) is 24.5 Å². The molecule has 0 aromatic carbocycles. The van der Waals surface area contributed by atoms with E-state index in [1.54, 1.807) is 17.5 Å². The third-order valence-electron chi connectivity index (χ3n) is 2.18. The molecule has 3 nitrogen and oxygen atoms in total. The molecule has 2 unspecified atom stereocenters. The van der Waals surface area contributed by atoms with Crippen molar-refractivity contribution in [3.63, 3.8) is 0 Å². The molecule has 68 valence electrons. The molecule has 4 heteroatoms. The molecule has 0 radical (unpaired) electrons. The highest BCUT2D eigenvalue weighted by molar-refractivity contribution is 7.09. The van der Waals surface area contributed by atoms with Crippen LogP contribution in [0.5, 0.6) is 0 Å². The van der Waals surface area contributed by atoms with Crippen LogP contribution in [0.4, 0.5) is 0 Å². The van der Waals surface area contributed by atoms with Crippen LogP contribution in [0.1, 0.15) is 24.0 Å². The van der Waals surface area contributed by atoms with E-state index >= 15 is 0 Å². The molecule has 2 atom stereocenters. The topological polar surface area (TPSA) is 45.9 Å². The number of nitrogens with zero attached hydrogens (tertiary/aromatic N) is 2. The second kappa shape index (κ2) is 3.86. The zero-order chi connectivity index (χ0) is 9.10. The number of nitriles is 1. The molecule has 1 aliphatic heterocycles. The monoisotopic (exact) mass is 194 g/mol. The SMILES string of the molecule is N#CC1CCCOC1c1nccs1. The Bertz CT molecular complexity index is 304. The van der Waals surface area contributed by atoms with Gasteiger partial charge in [-0.2, -0.15) is 5.26 Å². The second-order valence-electron chi connectivity index (χ2n) is 3.04. The van der Waals surface area contributed by atoms with E-state index in [1.807, 2.05) is 5.38 Å². The Labute approximate surface area is 81.0 Å². The minimum Gasteiger partial charge on any atom is -0.370 e. The molecular weight excluding hydrogens is 184 g/mol. The van der Waals surface area contributed by atoms with Crippen molar-refractivity contribution in [2.24, 2.45) is 5.92 Å². The molecular formula is C9H10N2OS. The predicted octanol–water partition coefficient (Wildman–Crippen LogP) is 2.13. The molecule has 0 saturated carbocycles. The lowest BCUT2D eigenvalue weighted by Crippen LogP contribution is -2.21. The normalized spacial score (nSPS) is 28.2. The van der Waals surface area contributed by atoms with Crippen LogP contribution in [0.2, 0.25) is 0 Å². The van der Waals surface area contributed by atoms with Gasteiger partial charge in [-0.15, -0.1) is 11.3 Å². The van der Waals surface area contributed by atoms with Crippen LogP contribution in [-0.2, 0) is 4.74 Å². The summed E-state index contributed by atoms with van der Waals surface area (Å²) in [4.78, 5) is 4.18. The van der Waals surface area contributed by atoms with Crippen LogP contribution in [0.3, 0.4) is 0 Å². The summed E-state index contributed by atoms with van der Waals surface area (Å²) in [5, 5.41) is 11.8. The van der Waals surface area contributed by atoms with Crippen LogP contribution >= 0.6 is 11.3 Å². The molecule has 1 fully saturated rings. The van der Waals surface area contributed by atoms with Gasteiger partial charge in [0.1, 0.15) is 11.1 Å². The van der Waals surface area contributed by atoms with Gasteiger partial charge in [0.15, 0.2) is 0 Å². The molecule has 13 heavy (non-hydrogen) atoms. The maximum atomic E-state index is 8.91. The Hall–Kier alpha value is -0.920. The number of rotatable bonds is 1. The minimum absolute atomic E-state index is 0.0140. The maximum Gasteiger partial charge on any atom is 0.125 e. The lowest BCUT2D eigenvalue weighted by molar-refractivity contribution is -0.0102.